The third kappa shape index (κ3) is 2.19. The Morgan fingerprint density at radius 2 is 1.67 bits per heavy atom. The predicted octanol–water partition coefficient (Wildman–Crippen LogP) is 3.25. The number of methoxy groups -OCH3 is 3. The zero-order chi connectivity index (χ0) is 16.7. The van der Waals surface area contributed by atoms with Crippen LogP contribution in [0.25, 0.3) is 0 Å². The molecule has 1 atom stereocenters. The van der Waals surface area contributed by atoms with Gasteiger partial charge < -0.3 is 24.3 Å². The summed E-state index contributed by atoms with van der Waals surface area (Å²) >= 11 is 0. The van der Waals surface area contributed by atoms with Gasteiger partial charge in [0, 0.05) is 17.2 Å². The highest BCUT2D eigenvalue weighted by Gasteiger charge is 2.32. The maximum Gasteiger partial charge on any atom is 0.204 e. The SMILES string of the molecule is COc1ccc2c(c1OC)Oc1c(OC)ccc3c1C(C2)NCC3. The average Bonchev–Trinajstić information content (AvgIpc) is 2.79. The van der Waals surface area contributed by atoms with Gasteiger partial charge in [-0.15, -0.1) is 0 Å². The Hall–Kier alpha value is -2.40. The van der Waals surface area contributed by atoms with Gasteiger partial charge in [0.05, 0.1) is 21.3 Å². The third-order valence-corrected chi connectivity index (χ3v) is 4.81. The zero-order valence-electron chi connectivity index (χ0n) is 14.1. The molecule has 5 heteroatoms. The fourth-order valence-corrected chi connectivity index (χ4v) is 3.68. The maximum atomic E-state index is 6.37. The van der Waals surface area contributed by atoms with E-state index in [-0.39, 0.29) is 6.04 Å². The van der Waals surface area contributed by atoms with Crippen molar-refractivity contribution in [2.75, 3.05) is 27.9 Å². The van der Waals surface area contributed by atoms with Crippen LogP contribution in [0.1, 0.15) is 22.7 Å². The smallest absolute Gasteiger partial charge is 0.204 e. The van der Waals surface area contributed by atoms with Crippen LogP contribution in [-0.4, -0.2) is 27.9 Å². The van der Waals surface area contributed by atoms with Crippen molar-refractivity contribution in [2.24, 2.45) is 0 Å². The molecular weight excluding hydrogens is 306 g/mol. The van der Waals surface area contributed by atoms with Crippen LogP contribution in [0.5, 0.6) is 28.7 Å². The van der Waals surface area contributed by atoms with E-state index in [9.17, 15) is 0 Å². The lowest BCUT2D eigenvalue weighted by molar-refractivity contribution is 0.328. The normalized spacial score (nSPS) is 17.9. The molecule has 24 heavy (non-hydrogen) atoms. The van der Waals surface area contributed by atoms with Gasteiger partial charge in [-0.25, -0.2) is 0 Å². The quantitative estimate of drug-likeness (QED) is 0.938. The van der Waals surface area contributed by atoms with Crippen molar-refractivity contribution in [3.05, 3.63) is 41.0 Å². The first-order valence-corrected chi connectivity index (χ1v) is 8.11. The highest BCUT2D eigenvalue weighted by atomic mass is 16.5. The van der Waals surface area contributed by atoms with Crippen LogP contribution in [0.3, 0.4) is 0 Å². The summed E-state index contributed by atoms with van der Waals surface area (Å²) in [6.45, 7) is 0.964. The summed E-state index contributed by atoms with van der Waals surface area (Å²) in [5, 5.41) is 3.61. The van der Waals surface area contributed by atoms with Gasteiger partial charge in [-0.3, -0.25) is 0 Å². The Balaban J connectivity index is 1.95. The summed E-state index contributed by atoms with van der Waals surface area (Å²) in [6, 6.07) is 8.30. The summed E-state index contributed by atoms with van der Waals surface area (Å²) in [5.74, 6) is 3.50. The minimum Gasteiger partial charge on any atom is -0.493 e. The molecule has 2 heterocycles. The Bertz CT molecular complexity index is 787. The minimum absolute atomic E-state index is 0.207. The highest BCUT2D eigenvalue weighted by Crippen LogP contribution is 2.51. The van der Waals surface area contributed by atoms with Gasteiger partial charge in [-0.2, -0.15) is 0 Å². The molecule has 1 N–H and O–H groups in total. The summed E-state index contributed by atoms with van der Waals surface area (Å²) in [6.07, 6.45) is 1.83. The van der Waals surface area contributed by atoms with Crippen LogP contribution in [0.15, 0.2) is 24.3 Å². The maximum absolute atomic E-state index is 6.37. The van der Waals surface area contributed by atoms with Gasteiger partial charge in [0.15, 0.2) is 23.0 Å². The van der Waals surface area contributed by atoms with Gasteiger partial charge in [0.2, 0.25) is 5.75 Å². The topological polar surface area (TPSA) is 49.0 Å². The predicted molar refractivity (Wildman–Crippen MR) is 90.8 cm³/mol. The van der Waals surface area contributed by atoms with Crippen molar-refractivity contribution >= 4 is 0 Å². The van der Waals surface area contributed by atoms with Gasteiger partial charge in [-0.1, -0.05) is 12.1 Å². The highest BCUT2D eigenvalue weighted by molar-refractivity contribution is 5.63. The molecule has 0 fully saturated rings. The molecule has 0 saturated carbocycles. The van der Waals surface area contributed by atoms with Crippen LogP contribution < -0.4 is 24.3 Å². The second-order valence-corrected chi connectivity index (χ2v) is 6.02. The Morgan fingerprint density at radius 3 is 2.42 bits per heavy atom. The second kappa shape index (κ2) is 5.91. The first kappa shape index (κ1) is 15.1. The van der Waals surface area contributed by atoms with Crippen molar-refractivity contribution in [1.29, 1.82) is 0 Å². The van der Waals surface area contributed by atoms with Gasteiger partial charge in [0.1, 0.15) is 0 Å². The molecule has 126 valence electrons. The number of benzene rings is 2. The molecule has 1 unspecified atom stereocenters. The van der Waals surface area contributed by atoms with E-state index in [4.69, 9.17) is 18.9 Å². The van der Waals surface area contributed by atoms with Crippen LogP contribution >= 0.6 is 0 Å². The van der Waals surface area contributed by atoms with Crippen molar-refractivity contribution < 1.29 is 18.9 Å². The van der Waals surface area contributed by atoms with E-state index in [1.165, 1.54) is 11.1 Å². The minimum atomic E-state index is 0.207. The number of ether oxygens (including phenoxy) is 4. The Labute approximate surface area is 141 Å². The summed E-state index contributed by atoms with van der Waals surface area (Å²) in [4.78, 5) is 0. The average molecular weight is 327 g/mol. The van der Waals surface area contributed by atoms with Crippen molar-refractivity contribution in [2.45, 2.75) is 18.9 Å². The molecule has 2 aromatic rings. The second-order valence-electron chi connectivity index (χ2n) is 6.02. The molecule has 0 aromatic heterocycles. The van der Waals surface area contributed by atoms with Gasteiger partial charge in [-0.05, 0) is 37.1 Å². The molecule has 2 aliphatic rings. The number of hydrogen-bond donors (Lipinski definition) is 1. The molecule has 0 bridgehead atoms. The summed E-state index contributed by atoms with van der Waals surface area (Å²) in [7, 11) is 4.93. The van der Waals surface area contributed by atoms with Crippen LogP contribution in [0, 0.1) is 0 Å². The molecular formula is C19H21NO4. The fourth-order valence-electron chi connectivity index (χ4n) is 3.68. The number of rotatable bonds is 3. The summed E-state index contributed by atoms with van der Waals surface area (Å²) < 4.78 is 22.9. The molecule has 5 nitrogen and oxygen atoms in total. The van der Waals surface area contributed by atoms with Crippen molar-refractivity contribution in [3.8, 4) is 28.7 Å². The van der Waals surface area contributed by atoms with Crippen molar-refractivity contribution in [3.63, 3.8) is 0 Å². The molecule has 2 aromatic carbocycles. The summed E-state index contributed by atoms with van der Waals surface area (Å²) in [5.41, 5.74) is 3.60. The lowest BCUT2D eigenvalue weighted by Gasteiger charge is -2.27. The number of hydrogen-bond acceptors (Lipinski definition) is 5. The molecule has 0 radical (unpaired) electrons. The standard InChI is InChI=1S/C19H21NO4/c1-21-14-6-4-11-8-9-20-13-10-12-5-7-15(22-2)19(23-3)17(12)24-18(14)16(11)13/h4-7,13,20H,8-10H2,1-3H3. The monoisotopic (exact) mass is 327 g/mol. The van der Waals surface area contributed by atoms with Crippen LogP contribution in [0.4, 0.5) is 0 Å². The molecule has 0 spiro atoms. The van der Waals surface area contributed by atoms with E-state index in [2.05, 4.69) is 11.4 Å². The fraction of sp³-hybridized carbons (Fsp3) is 0.368. The largest absolute Gasteiger partial charge is 0.493 e. The number of fused-ring (bicyclic) bond motifs is 1. The van der Waals surface area contributed by atoms with Gasteiger partial charge in [0.25, 0.3) is 0 Å². The zero-order valence-corrected chi connectivity index (χ0v) is 14.1. The first-order chi connectivity index (χ1) is 11.8. The Morgan fingerprint density at radius 1 is 0.917 bits per heavy atom. The van der Waals surface area contributed by atoms with E-state index in [0.717, 1.165) is 36.4 Å². The lowest BCUT2D eigenvalue weighted by atomic mass is 9.90. The van der Waals surface area contributed by atoms with Crippen LogP contribution in [-0.2, 0) is 12.8 Å². The van der Waals surface area contributed by atoms with E-state index >= 15 is 0 Å². The molecule has 0 aliphatic carbocycles. The Kier molecular flexibility index (Phi) is 3.73. The van der Waals surface area contributed by atoms with E-state index in [1.807, 2.05) is 18.2 Å². The molecule has 0 saturated heterocycles. The molecule has 2 aliphatic heterocycles. The van der Waals surface area contributed by atoms with Crippen LogP contribution in [0.2, 0.25) is 0 Å². The van der Waals surface area contributed by atoms with E-state index in [0.29, 0.717) is 17.2 Å². The van der Waals surface area contributed by atoms with E-state index in [1.54, 1.807) is 21.3 Å². The van der Waals surface area contributed by atoms with Gasteiger partial charge >= 0.3 is 0 Å². The number of nitrogens with one attached hydrogen (secondary N) is 1. The lowest BCUT2D eigenvalue weighted by Crippen LogP contribution is -2.30. The van der Waals surface area contributed by atoms with Crippen molar-refractivity contribution in [1.82, 2.24) is 5.32 Å². The third-order valence-electron chi connectivity index (χ3n) is 4.81. The van der Waals surface area contributed by atoms with E-state index < -0.39 is 0 Å². The molecule has 4 rings (SSSR count). The molecule has 0 amide bonds. The first-order valence-electron chi connectivity index (χ1n) is 8.11.